The summed E-state index contributed by atoms with van der Waals surface area (Å²) in [5.41, 5.74) is 2.40. The molecular formula is C14H23NO2S. The normalized spacial score (nSPS) is 14.5. The summed E-state index contributed by atoms with van der Waals surface area (Å²) in [7, 11) is -3.05. The topological polar surface area (TPSA) is 46.2 Å². The Labute approximate surface area is 111 Å². The smallest absolute Gasteiger partial charge is 0.153 e. The number of aryl methyl sites for hydroxylation is 1. The fraction of sp³-hybridized carbons (Fsp3) is 0.571. The van der Waals surface area contributed by atoms with Gasteiger partial charge in [-0.2, -0.15) is 0 Å². The van der Waals surface area contributed by atoms with Gasteiger partial charge in [-0.25, -0.2) is 8.42 Å². The molecule has 1 atom stereocenters. The molecule has 102 valence electrons. The summed E-state index contributed by atoms with van der Waals surface area (Å²) in [5, 5.41) is 3.29. The first-order chi connectivity index (χ1) is 8.13. The summed E-state index contributed by atoms with van der Waals surface area (Å²) in [6.07, 6.45) is 1.28. The second-order valence-electron chi connectivity index (χ2n) is 5.55. The highest BCUT2D eigenvalue weighted by Crippen LogP contribution is 2.17. The van der Waals surface area contributed by atoms with Gasteiger partial charge in [-0.3, -0.25) is 0 Å². The Bertz CT molecular complexity index is 489. The number of nitrogens with one attached hydrogen (secondary N) is 1. The molecule has 0 amide bonds. The van der Waals surface area contributed by atoms with E-state index in [-0.39, 0.29) is 6.04 Å². The van der Waals surface area contributed by atoms with E-state index < -0.39 is 14.6 Å². The quantitative estimate of drug-likeness (QED) is 0.893. The monoisotopic (exact) mass is 269 g/mol. The largest absolute Gasteiger partial charge is 0.309 e. The molecule has 0 bridgehead atoms. The first-order valence-corrected chi connectivity index (χ1v) is 8.02. The van der Waals surface area contributed by atoms with Gasteiger partial charge in [0.25, 0.3) is 0 Å². The maximum Gasteiger partial charge on any atom is 0.153 e. The maximum atomic E-state index is 11.6. The SMILES string of the molecule is Cc1ccc(C(C)NCC(C)(C)S(C)(=O)=O)cc1. The molecule has 1 aromatic carbocycles. The van der Waals surface area contributed by atoms with Crippen molar-refractivity contribution < 1.29 is 8.42 Å². The molecule has 0 aliphatic rings. The van der Waals surface area contributed by atoms with E-state index in [1.807, 2.05) is 6.92 Å². The van der Waals surface area contributed by atoms with Crippen molar-refractivity contribution in [3.8, 4) is 0 Å². The van der Waals surface area contributed by atoms with E-state index in [0.29, 0.717) is 6.54 Å². The van der Waals surface area contributed by atoms with E-state index in [1.165, 1.54) is 17.4 Å². The molecule has 1 unspecified atom stereocenters. The predicted molar refractivity (Wildman–Crippen MR) is 76.5 cm³/mol. The van der Waals surface area contributed by atoms with Crippen molar-refractivity contribution in [2.75, 3.05) is 12.8 Å². The lowest BCUT2D eigenvalue weighted by Crippen LogP contribution is -2.42. The van der Waals surface area contributed by atoms with Crippen LogP contribution in [0.5, 0.6) is 0 Å². The molecule has 0 heterocycles. The third-order valence-corrected chi connectivity index (χ3v) is 5.57. The second kappa shape index (κ2) is 5.41. The van der Waals surface area contributed by atoms with Crippen molar-refractivity contribution in [1.29, 1.82) is 0 Å². The van der Waals surface area contributed by atoms with Crippen molar-refractivity contribution in [1.82, 2.24) is 5.32 Å². The molecule has 4 heteroatoms. The molecule has 0 aliphatic carbocycles. The number of sulfone groups is 1. The van der Waals surface area contributed by atoms with Gasteiger partial charge in [0, 0.05) is 18.8 Å². The van der Waals surface area contributed by atoms with Crippen molar-refractivity contribution >= 4 is 9.84 Å². The number of rotatable bonds is 5. The zero-order valence-electron chi connectivity index (χ0n) is 11.8. The van der Waals surface area contributed by atoms with Crippen LogP contribution in [-0.2, 0) is 9.84 Å². The van der Waals surface area contributed by atoms with Crippen LogP contribution in [0, 0.1) is 6.92 Å². The molecule has 1 rings (SSSR count). The van der Waals surface area contributed by atoms with Gasteiger partial charge in [-0.05, 0) is 33.3 Å². The molecule has 0 saturated heterocycles. The molecule has 0 saturated carbocycles. The molecule has 0 radical (unpaired) electrons. The van der Waals surface area contributed by atoms with Crippen LogP contribution in [0.15, 0.2) is 24.3 Å². The Hall–Kier alpha value is -0.870. The van der Waals surface area contributed by atoms with Crippen LogP contribution in [0.3, 0.4) is 0 Å². The number of benzene rings is 1. The number of hydrogen-bond acceptors (Lipinski definition) is 3. The summed E-state index contributed by atoms with van der Waals surface area (Å²) in [5.74, 6) is 0. The molecular weight excluding hydrogens is 246 g/mol. The summed E-state index contributed by atoms with van der Waals surface area (Å²) >= 11 is 0. The molecule has 1 N–H and O–H groups in total. The Morgan fingerprint density at radius 2 is 1.72 bits per heavy atom. The summed E-state index contributed by atoms with van der Waals surface area (Å²) < 4.78 is 22.5. The van der Waals surface area contributed by atoms with Crippen LogP contribution in [0.4, 0.5) is 0 Å². The lowest BCUT2D eigenvalue weighted by molar-refractivity contribution is 0.489. The van der Waals surface area contributed by atoms with Gasteiger partial charge in [0.05, 0.1) is 4.75 Å². The fourth-order valence-electron chi connectivity index (χ4n) is 1.50. The first kappa shape index (κ1) is 15.2. The summed E-state index contributed by atoms with van der Waals surface area (Å²) in [4.78, 5) is 0. The maximum absolute atomic E-state index is 11.6. The van der Waals surface area contributed by atoms with Crippen LogP contribution in [0.25, 0.3) is 0 Å². The highest BCUT2D eigenvalue weighted by atomic mass is 32.2. The van der Waals surface area contributed by atoms with E-state index in [4.69, 9.17) is 0 Å². The molecule has 0 fully saturated rings. The van der Waals surface area contributed by atoms with Crippen LogP contribution in [-0.4, -0.2) is 26.0 Å². The Kier molecular flexibility index (Phi) is 4.56. The molecule has 18 heavy (non-hydrogen) atoms. The highest BCUT2D eigenvalue weighted by Gasteiger charge is 2.30. The van der Waals surface area contributed by atoms with Crippen LogP contribution < -0.4 is 5.32 Å². The summed E-state index contributed by atoms with van der Waals surface area (Å²) in [6.45, 7) is 8.03. The Morgan fingerprint density at radius 3 is 2.17 bits per heavy atom. The molecule has 0 aliphatic heterocycles. The second-order valence-corrected chi connectivity index (χ2v) is 8.19. The zero-order valence-corrected chi connectivity index (χ0v) is 12.6. The minimum Gasteiger partial charge on any atom is -0.309 e. The van der Waals surface area contributed by atoms with Crippen molar-refractivity contribution in [3.63, 3.8) is 0 Å². The van der Waals surface area contributed by atoms with E-state index in [1.54, 1.807) is 13.8 Å². The van der Waals surface area contributed by atoms with E-state index in [9.17, 15) is 8.42 Å². The standard InChI is InChI=1S/C14H23NO2S/c1-11-6-8-13(9-7-11)12(2)15-10-14(3,4)18(5,16)17/h6-9,12,15H,10H2,1-5H3. The van der Waals surface area contributed by atoms with E-state index in [0.717, 1.165) is 0 Å². The van der Waals surface area contributed by atoms with Crippen LogP contribution >= 0.6 is 0 Å². The van der Waals surface area contributed by atoms with Crippen molar-refractivity contribution in [3.05, 3.63) is 35.4 Å². The van der Waals surface area contributed by atoms with Gasteiger partial charge in [-0.1, -0.05) is 29.8 Å². The summed E-state index contributed by atoms with van der Waals surface area (Å²) in [6, 6.07) is 8.41. The van der Waals surface area contributed by atoms with E-state index in [2.05, 4.69) is 36.5 Å². The fourth-order valence-corrected chi connectivity index (χ4v) is 1.85. The van der Waals surface area contributed by atoms with Gasteiger partial charge in [0.1, 0.15) is 0 Å². The third kappa shape index (κ3) is 3.82. The average Bonchev–Trinajstić information content (AvgIpc) is 2.25. The van der Waals surface area contributed by atoms with Crippen molar-refractivity contribution in [2.24, 2.45) is 0 Å². The molecule has 3 nitrogen and oxygen atoms in total. The average molecular weight is 269 g/mol. The first-order valence-electron chi connectivity index (χ1n) is 6.13. The predicted octanol–water partition coefficient (Wildman–Crippen LogP) is 2.47. The lowest BCUT2D eigenvalue weighted by Gasteiger charge is -2.25. The van der Waals surface area contributed by atoms with Crippen molar-refractivity contribution in [2.45, 2.75) is 38.5 Å². The Balaban J connectivity index is 2.67. The zero-order chi connectivity index (χ0) is 14.0. The lowest BCUT2D eigenvalue weighted by atomic mass is 10.1. The van der Waals surface area contributed by atoms with Gasteiger partial charge in [-0.15, -0.1) is 0 Å². The minimum absolute atomic E-state index is 0.145. The van der Waals surface area contributed by atoms with E-state index >= 15 is 0 Å². The van der Waals surface area contributed by atoms with Crippen LogP contribution in [0.2, 0.25) is 0 Å². The van der Waals surface area contributed by atoms with Gasteiger partial charge >= 0.3 is 0 Å². The van der Waals surface area contributed by atoms with Crippen LogP contribution in [0.1, 0.15) is 37.9 Å². The van der Waals surface area contributed by atoms with Gasteiger partial charge < -0.3 is 5.32 Å². The Morgan fingerprint density at radius 1 is 1.22 bits per heavy atom. The minimum atomic E-state index is -3.05. The third-order valence-electron chi connectivity index (χ3n) is 3.42. The number of hydrogen-bond donors (Lipinski definition) is 1. The van der Waals surface area contributed by atoms with Gasteiger partial charge in [0.2, 0.25) is 0 Å². The molecule has 1 aromatic rings. The highest BCUT2D eigenvalue weighted by molar-refractivity contribution is 7.92. The molecule has 0 spiro atoms. The van der Waals surface area contributed by atoms with Gasteiger partial charge in [0.15, 0.2) is 9.84 Å². The molecule has 0 aromatic heterocycles.